The first-order valence-corrected chi connectivity index (χ1v) is 30.4. The molecule has 0 aromatic heterocycles. The number of ether oxygens (including phenoxy) is 3. The third-order valence-electron chi connectivity index (χ3n) is 12.7. The summed E-state index contributed by atoms with van der Waals surface area (Å²) in [4.78, 5) is 38.3. The maximum Gasteiger partial charge on any atom is 0.306 e. The van der Waals surface area contributed by atoms with Crippen LogP contribution in [0.3, 0.4) is 0 Å². The Morgan fingerprint density at radius 3 is 0.849 bits per heavy atom. The van der Waals surface area contributed by atoms with E-state index in [0.717, 1.165) is 128 Å². The van der Waals surface area contributed by atoms with Crippen LogP contribution >= 0.6 is 0 Å². The van der Waals surface area contributed by atoms with Gasteiger partial charge in [-0.3, -0.25) is 14.4 Å². The smallest absolute Gasteiger partial charge is 0.306 e. The van der Waals surface area contributed by atoms with E-state index in [0.29, 0.717) is 19.3 Å². The van der Waals surface area contributed by atoms with Crippen molar-refractivity contribution in [2.75, 3.05) is 13.2 Å². The van der Waals surface area contributed by atoms with E-state index in [1.165, 1.54) is 109 Å². The Balaban J connectivity index is 4.40. The van der Waals surface area contributed by atoms with Crippen molar-refractivity contribution >= 4 is 17.9 Å². The third kappa shape index (κ3) is 58.8. The molecule has 0 aliphatic carbocycles. The summed E-state index contributed by atoms with van der Waals surface area (Å²) in [6, 6.07) is 0. The fourth-order valence-electron chi connectivity index (χ4n) is 8.24. The molecule has 0 aliphatic rings. The van der Waals surface area contributed by atoms with Crippen LogP contribution in [0.5, 0.6) is 0 Å². The molecule has 6 nitrogen and oxygen atoms in total. The summed E-state index contributed by atoms with van der Waals surface area (Å²) >= 11 is 0. The van der Waals surface area contributed by atoms with E-state index in [-0.39, 0.29) is 31.1 Å². The number of hydrogen-bond acceptors (Lipinski definition) is 6. The lowest BCUT2D eigenvalue weighted by Crippen LogP contribution is -2.30. The molecule has 0 saturated heterocycles. The fourth-order valence-corrected chi connectivity index (χ4v) is 8.24. The Hall–Kier alpha value is -3.93. The molecule has 0 radical (unpaired) electrons. The molecule has 0 aromatic rings. The number of allylic oxidation sites excluding steroid dienone is 18. The van der Waals surface area contributed by atoms with Gasteiger partial charge in [-0.1, -0.05) is 246 Å². The molecule has 73 heavy (non-hydrogen) atoms. The molecule has 0 N–H and O–H groups in total. The quantitative estimate of drug-likeness (QED) is 0.0261. The highest BCUT2D eigenvalue weighted by Gasteiger charge is 2.19. The zero-order valence-electron chi connectivity index (χ0n) is 47.6. The van der Waals surface area contributed by atoms with Gasteiger partial charge in [0.15, 0.2) is 6.10 Å². The number of carbonyl (C=O) groups is 3. The zero-order valence-corrected chi connectivity index (χ0v) is 47.6. The van der Waals surface area contributed by atoms with Gasteiger partial charge in [0.2, 0.25) is 0 Å². The molecular formula is C67H112O6. The lowest BCUT2D eigenvalue weighted by Gasteiger charge is -2.18. The highest BCUT2D eigenvalue weighted by Crippen LogP contribution is 2.15. The van der Waals surface area contributed by atoms with Crippen molar-refractivity contribution in [3.63, 3.8) is 0 Å². The zero-order chi connectivity index (χ0) is 52.9. The Bertz CT molecular complexity index is 1490. The highest BCUT2D eigenvalue weighted by molar-refractivity contribution is 5.71. The number of unbranched alkanes of at least 4 members (excludes halogenated alkanes) is 25. The third-order valence-corrected chi connectivity index (χ3v) is 12.7. The summed E-state index contributed by atoms with van der Waals surface area (Å²) < 4.78 is 16.9. The Morgan fingerprint density at radius 1 is 0.288 bits per heavy atom. The first-order valence-electron chi connectivity index (χ1n) is 30.4. The van der Waals surface area contributed by atoms with Crippen molar-refractivity contribution < 1.29 is 28.6 Å². The Kier molecular flexibility index (Phi) is 57.4. The molecule has 416 valence electrons. The second kappa shape index (κ2) is 60.6. The summed E-state index contributed by atoms with van der Waals surface area (Å²) in [7, 11) is 0. The molecule has 0 heterocycles. The molecule has 0 aliphatic heterocycles. The lowest BCUT2D eigenvalue weighted by atomic mass is 10.1. The van der Waals surface area contributed by atoms with E-state index < -0.39 is 6.10 Å². The van der Waals surface area contributed by atoms with Gasteiger partial charge in [0.1, 0.15) is 13.2 Å². The van der Waals surface area contributed by atoms with Gasteiger partial charge in [-0.05, 0) is 122 Å². The SMILES string of the molecule is CC/C=C\C/C=C\C/C=C\C/C=C\CCCCCCCCCCC(=O)OCC(COC(=O)CCCCCCC/C=C\CCCCCC)OC(=O)CCCCCCCCCC/C=C\C/C=C\C/C=C\C/C=C\CC. The molecule has 1 atom stereocenters. The maximum atomic E-state index is 12.9. The maximum absolute atomic E-state index is 12.9. The van der Waals surface area contributed by atoms with Crippen molar-refractivity contribution in [1.29, 1.82) is 0 Å². The van der Waals surface area contributed by atoms with Gasteiger partial charge in [0.05, 0.1) is 0 Å². The van der Waals surface area contributed by atoms with E-state index in [2.05, 4.69) is 130 Å². The first kappa shape index (κ1) is 69.1. The summed E-state index contributed by atoms with van der Waals surface area (Å²) in [5, 5.41) is 0. The first-order chi connectivity index (χ1) is 36.0. The number of hydrogen-bond donors (Lipinski definition) is 0. The van der Waals surface area contributed by atoms with Crippen LogP contribution in [0.2, 0.25) is 0 Å². The van der Waals surface area contributed by atoms with Crippen molar-refractivity contribution in [3.8, 4) is 0 Å². The predicted molar refractivity (Wildman–Crippen MR) is 316 cm³/mol. The molecule has 0 spiro atoms. The van der Waals surface area contributed by atoms with Gasteiger partial charge in [0.25, 0.3) is 0 Å². The minimum absolute atomic E-state index is 0.0889. The summed E-state index contributed by atoms with van der Waals surface area (Å²) in [6.07, 6.45) is 82.2. The van der Waals surface area contributed by atoms with Gasteiger partial charge >= 0.3 is 17.9 Å². The summed E-state index contributed by atoms with van der Waals surface area (Å²) in [5.41, 5.74) is 0. The van der Waals surface area contributed by atoms with Crippen LogP contribution in [-0.2, 0) is 28.6 Å². The molecule has 6 heteroatoms. The molecule has 0 rings (SSSR count). The number of esters is 3. The highest BCUT2D eigenvalue weighted by atomic mass is 16.6. The average Bonchev–Trinajstić information content (AvgIpc) is 3.39. The van der Waals surface area contributed by atoms with Crippen LogP contribution in [0.1, 0.15) is 278 Å². The minimum Gasteiger partial charge on any atom is -0.462 e. The summed E-state index contributed by atoms with van der Waals surface area (Å²) in [5.74, 6) is -0.909. The second-order valence-corrected chi connectivity index (χ2v) is 19.8. The van der Waals surface area contributed by atoms with Crippen molar-refractivity contribution in [2.45, 2.75) is 284 Å². The standard InChI is InChI=1S/C67H112O6/c1-4-7-10-13-16-19-22-25-27-29-31-33-35-37-39-42-45-48-51-54-57-60-66(69)72-63-64(62-71-65(68)59-56-53-50-47-44-41-24-21-18-15-12-9-6-3)73-67(70)61-58-55-52-49-46-43-40-38-36-34-32-30-28-26-23-20-17-14-11-8-5-2/h7-8,10-11,16-17,19-21,24-28,31-34,64H,4-6,9,12-15,18,22-23,29-30,35-63H2,1-3H3/b10-7-,11-8-,19-16-,20-17-,24-21-,27-25-,28-26-,33-31-,34-32-. The molecular weight excluding hydrogens is 901 g/mol. The van der Waals surface area contributed by atoms with Crippen LogP contribution in [0.15, 0.2) is 109 Å². The average molecular weight is 1010 g/mol. The van der Waals surface area contributed by atoms with E-state index in [4.69, 9.17) is 14.2 Å². The van der Waals surface area contributed by atoms with Gasteiger partial charge in [-0.25, -0.2) is 0 Å². The van der Waals surface area contributed by atoms with Crippen molar-refractivity contribution in [2.24, 2.45) is 0 Å². The van der Waals surface area contributed by atoms with Crippen LogP contribution in [0.25, 0.3) is 0 Å². The normalized spacial score (nSPS) is 12.9. The topological polar surface area (TPSA) is 78.9 Å². The molecule has 0 bridgehead atoms. The van der Waals surface area contributed by atoms with Crippen molar-refractivity contribution in [3.05, 3.63) is 109 Å². The fraction of sp³-hybridized carbons (Fsp3) is 0.687. The minimum atomic E-state index is -0.792. The molecule has 0 fully saturated rings. The molecule has 1 unspecified atom stereocenters. The van der Waals surface area contributed by atoms with Crippen LogP contribution in [-0.4, -0.2) is 37.2 Å². The largest absolute Gasteiger partial charge is 0.462 e. The van der Waals surface area contributed by atoms with E-state index in [1.807, 2.05) is 0 Å². The van der Waals surface area contributed by atoms with E-state index >= 15 is 0 Å². The van der Waals surface area contributed by atoms with Crippen LogP contribution in [0, 0.1) is 0 Å². The van der Waals surface area contributed by atoms with Crippen LogP contribution < -0.4 is 0 Å². The second-order valence-electron chi connectivity index (χ2n) is 19.8. The van der Waals surface area contributed by atoms with Gasteiger partial charge in [-0.2, -0.15) is 0 Å². The van der Waals surface area contributed by atoms with Gasteiger partial charge in [-0.15, -0.1) is 0 Å². The van der Waals surface area contributed by atoms with Crippen LogP contribution in [0.4, 0.5) is 0 Å². The molecule has 0 saturated carbocycles. The van der Waals surface area contributed by atoms with E-state index in [1.54, 1.807) is 0 Å². The predicted octanol–water partition coefficient (Wildman–Crippen LogP) is 20.7. The molecule has 0 amide bonds. The summed E-state index contributed by atoms with van der Waals surface area (Å²) in [6.45, 7) is 6.39. The Morgan fingerprint density at radius 2 is 0.534 bits per heavy atom. The molecule has 0 aromatic carbocycles. The van der Waals surface area contributed by atoms with E-state index in [9.17, 15) is 14.4 Å². The van der Waals surface area contributed by atoms with Crippen molar-refractivity contribution in [1.82, 2.24) is 0 Å². The monoisotopic (exact) mass is 1010 g/mol. The van der Waals surface area contributed by atoms with Gasteiger partial charge < -0.3 is 14.2 Å². The number of rotatable bonds is 54. The van der Waals surface area contributed by atoms with Gasteiger partial charge in [0, 0.05) is 19.3 Å². The number of carbonyl (C=O) groups excluding carboxylic acids is 3. The Labute approximate surface area is 450 Å². The lowest BCUT2D eigenvalue weighted by molar-refractivity contribution is -0.167.